The number of alkyl halides is 9. The van der Waals surface area contributed by atoms with Crippen molar-refractivity contribution >= 4 is 0 Å². The van der Waals surface area contributed by atoms with Crippen molar-refractivity contribution in [1.82, 2.24) is 0 Å². The standard InChI is InChI=1S/C9HF11/c10-5-2(7(12,13)14)1-3(8(15,16)17)6(11)4(5)9(18,19)20/h1H. The third-order valence-electron chi connectivity index (χ3n) is 2.09. The van der Waals surface area contributed by atoms with Crippen molar-refractivity contribution in [2.24, 2.45) is 0 Å². The molecule has 0 saturated heterocycles. The van der Waals surface area contributed by atoms with Gasteiger partial charge in [0, 0.05) is 0 Å². The molecule has 1 aromatic carbocycles. The number of halogens is 11. The van der Waals surface area contributed by atoms with Gasteiger partial charge in [0.25, 0.3) is 0 Å². The van der Waals surface area contributed by atoms with Crippen LogP contribution in [0.2, 0.25) is 0 Å². The van der Waals surface area contributed by atoms with Crippen LogP contribution in [-0.2, 0) is 18.5 Å². The normalized spacial score (nSPS) is 13.8. The molecule has 11 heteroatoms. The first kappa shape index (κ1) is 16.5. The summed E-state index contributed by atoms with van der Waals surface area (Å²) in [6.45, 7) is 0. The average molecular weight is 318 g/mol. The van der Waals surface area contributed by atoms with Gasteiger partial charge < -0.3 is 0 Å². The van der Waals surface area contributed by atoms with E-state index >= 15 is 0 Å². The zero-order valence-electron chi connectivity index (χ0n) is 8.73. The van der Waals surface area contributed by atoms with E-state index in [1.54, 1.807) is 0 Å². The molecule has 0 heterocycles. The Hall–Kier alpha value is -1.55. The first-order valence-electron chi connectivity index (χ1n) is 4.41. The minimum atomic E-state index is -6.06. The molecule has 0 atom stereocenters. The monoisotopic (exact) mass is 318 g/mol. The topological polar surface area (TPSA) is 0 Å². The second-order valence-electron chi connectivity index (χ2n) is 3.47. The van der Waals surface area contributed by atoms with E-state index in [2.05, 4.69) is 0 Å². The summed E-state index contributed by atoms with van der Waals surface area (Å²) in [5, 5.41) is 0. The molecule has 0 aliphatic rings. The van der Waals surface area contributed by atoms with Crippen molar-refractivity contribution in [3.05, 3.63) is 34.4 Å². The average Bonchev–Trinajstić information content (AvgIpc) is 2.10. The number of hydrogen-bond acceptors (Lipinski definition) is 0. The van der Waals surface area contributed by atoms with Gasteiger partial charge in [0.15, 0.2) is 11.6 Å². The fourth-order valence-corrected chi connectivity index (χ4v) is 1.30. The van der Waals surface area contributed by atoms with Crippen LogP contribution in [0.4, 0.5) is 48.3 Å². The van der Waals surface area contributed by atoms with Gasteiger partial charge in [0.05, 0.1) is 11.1 Å². The molecule has 0 aromatic heterocycles. The lowest BCUT2D eigenvalue weighted by molar-refractivity contribution is -0.155. The van der Waals surface area contributed by atoms with E-state index in [0.717, 1.165) is 0 Å². The summed E-state index contributed by atoms with van der Waals surface area (Å²) in [7, 11) is 0. The predicted octanol–water partition coefficient (Wildman–Crippen LogP) is 5.02. The van der Waals surface area contributed by atoms with Crippen LogP contribution in [0.1, 0.15) is 16.7 Å². The van der Waals surface area contributed by atoms with Crippen LogP contribution in [0.25, 0.3) is 0 Å². The molecule has 0 radical (unpaired) electrons. The Balaban J connectivity index is 3.86. The van der Waals surface area contributed by atoms with Crippen LogP contribution >= 0.6 is 0 Å². The van der Waals surface area contributed by atoms with Crippen molar-refractivity contribution in [3.63, 3.8) is 0 Å². The molecule has 0 fully saturated rings. The highest BCUT2D eigenvalue weighted by Crippen LogP contribution is 2.44. The van der Waals surface area contributed by atoms with Crippen LogP contribution in [-0.4, -0.2) is 0 Å². The number of benzene rings is 1. The Bertz CT molecular complexity index is 478. The molecule has 114 valence electrons. The Morgan fingerprint density at radius 3 is 1.05 bits per heavy atom. The van der Waals surface area contributed by atoms with E-state index in [9.17, 15) is 48.3 Å². The Morgan fingerprint density at radius 2 is 0.850 bits per heavy atom. The molecule has 0 N–H and O–H groups in total. The SMILES string of the molecule is Fc1c(C(F)(F)F)cc(C(F)(F)F)c(F)c1C(F)(F)F. The van der Waals surface area contributed by atoms with Gasteiger partial charge in [0.2, 0.25) is 0 Å². The van der Waals surface area contributed by atoms with Gasteiger partial charge >= 0.3 is 18.5 Å². The molecule has 0 spiro atoms. The van der Waals surface area contributed by atoms with E-state index in [-0.39, 0.29) is 0 Å². The molecule has 1 aromatic rings. The molecule has 0 aliphatic heterocycles. The Morgan fingerprint density at radius 1 is 0.550 bits per heavy atom. The largest absolute Gasteiger partial charge is 0.422 e. The highest BCUT2D eigenvalue weighted by Gasteiger charge is 2.49. The second kappa shape index (κ2) is 4.48. The second-order valence-corrected chi connectivity index (χ2v) is 3.47. The van der Waals surface area contributed by atoms with Crippen LogP contribution in [0.15, 0.2) is 6.07 Å². The van der Waals surface area contributed by atoms with Gasteiger partial charge in [0.1, 0.15) is 5.56 Å². The van der Waals surface area contributed by atoms with E-state index in [4.69, 9.17) is 0 Å². The quantitative estimate of drug-likeness (QED) is 0.589. The zero-order valence-corrected chi connectivity index (χ0v) is 8.73. The van der Waals surface area contributed by atoms with Crippen molar-refractivity contribution in [2.75, 3.05) is 0 Å². The van der Waals surface area contributed by atoms with Crippen molar-refractivity contribution in [3.8, 4) is 0 Å². The summed E-state index contributed by atoms with van der Waals surface area (Å²) in [6.07, 6.45) is -17.8. The first-order valence-corrected chi connectivity index (χ1v) is 4.41. The van der Waals surface area contributed by atoms with Gasteiger partial charge in [-0.05, 0) is 6.07 Å². The zero-order chi connectivity index (χ0) is 16.1. The number of hydrogen-bond donors (Lipinski definition) is 0. The van der Waals surface area contributed by atoms with Crippen LogP contribution < -0.4 is 0 Å². The van der Waals surface area contributed by atoms with Crippen LogP contribution in [0, 0.1) is 11.6 Å². The molecule has 0 saturated carbocycles. The lowest BCUT2D eigenvalue weighted by Crippen LogP contribution is -2.22. The lowest BCUT2D eigenvalue weighted by atomic mass is 10.0. The van der Waals surface area contributed by atoms with E-state index < -0.39 is 52.9 Å². The highest BCUT2D eigenvalue weighted by atomic mass is 19.4. The smallest absolute Gasteiger partial charge is 0.206 e. The molecule has 0 unspecified atom stereocenters. The molecule has 0 amide bonds. The first-order chi connectivity index (χ1) is 8.67. The Kier molecular flexibility index (Phi) is 3.70. The summed E-state index contributed by atoms with van der Waals surface area (Å²) < 4.78 is 136. The van der Waals surface area contributed by atoms with Crippen molar-refractivity contribution < 1.29 is 48.3 Å². The van der Waals surface area contributed by atoms with E-state index in [0.29, 0.717) is 0 Å². The number of rotatable bonds is 0. The fraction of sp³-hybridized carbons (Fsp3) is 0.333. The third kappa shape index (κ3) is 2.96. The maximum Gasteiger partial charge on any atom is 0.422 e. The summed E-state index contributed by atoms with van der Waals surface area (Å²) in [4.78, 5) is 0. The van der Waals surface area contributed by atoms with Crippen LogP contribution in [0.3, 0.4) is 0 Å². The minimum absolute atomic E-state index is 1.04. The summed E-state index contributed by atoms with van der Waals surface area (Å²) >= 11 is 0. The molecule has 0 nitrogen and oxygen atoms in total. The maximum absolute atomic E-state index is 13.0. The minimum Gasteiger partial charge on any atom is -0.206 e. The molecular weight excluding hydrogens is 317 g/mol. The Labute approximate surface area is 102 Å². The summed E-state index contributed by atoms with van der Waals surface area (Å²) in [5.41, 5.74) is -8.93. The lowest BCUT2D eigenvalue weighted by Gasteiger charge is -2.18. The fourth-order valence-electron chi connectivity index (χ4n) is 1.30. The highest BCUT2D eigenvalue weighted by molar-refractivity contribution is 5.38. The molecule has 20 heavy (non-hydrogen) atoms. The van der Waals surface area contributed by atoms with Crippen molar-refractivity contribution in [2.45, 2.75) is 18.5 Å². The van der Waals surface area contributed by atoms with Gasteiger partial charge in [-0.3, -0.25) is 0 Å². The van der Waals surface area contributed by atoms with Crippen molar-refractivity contribution in [1.29, 1.82) is 0 Å². The maximum atomic E-state index is 13.0. The van der Waals surface area contributed by atoms with Gasteiger partial charge in [-0.2, -0.15) is 39.5 Å². The molecule has 0 bridgehead atoms. The predicted molar refractivity (Wildman–Crippen MR) is 41.4 cm³/mol. The molecule has 0 aliphatic carbocycles. The molecular formula is C9HF11. The summed E-state index contributed by atoms with van der Waals surface area (Å²) in [5.74, 6) is -6.29. The van der Waals surface area contributed by atoms with Gasteiger partial charge in [-0.15, -0.1) is 0 Å². The van der Waals surface area contributed by atoms with Crippen LogP contribution in [0.5, 0.6) is 0 Å². The van der Waals surface area contributed by atoms with Gasteiger partial charge in [-0.25, -0.2) is 8.78 Å². The van der Waals surface area contributed by atoms with E-state index in [1.165, 1.54) is 0 Å². The molecule has 1 rings (SSSR count). The third-order valence-corrected chi connectivity index (χ3v) is 2.09. The van der Waals surface area contributed by atoms with E-state index in [1.807, 2.05) is 0 Å². The summed E-state index contributed by atoms with van der Waals surface area (Å²) in [6, 6.07) is -1.04. The van der Waals surface area contributed by atoms with Gasteiger partial charge in [-0.1, -0.05) is 0 Å².